The maximum atomic E-state index is 14.2. The Morgan fingerprint density at radius 3 is 1.99 bits per heavy atom. The normalized spacial score (nSPS) is 21.5. The molecule has 1 saturated heterocycles. The van der Waals surface area contributed by atoms with Crippen LogP contribution in [0.5, 0.6) is 5.75 Å². The van der Waals surface area contributed by atoms with E-state index in [9.17, 15) is 63.0 Å². The van der Waals surface area contributed by atoms with Gasteiger partial charge >= 0.3 is 0 Å². The van der Waals surface area contributed by atoms with Crippen molar-refractivity contribution in [3.63, 3.8) is 0 Å². The highest BCUT2D eigenvalue weighted by Gasteiger charge is 2.38. The van der Waals surface area contributed by atoms with E-state index in [0.717, 1.165) is 33.5 Å². The van der Waals surface area contributed by atoms with Crippen LogP contribution < -0.4 is 54.4 Å². The lowest BCUT2D eigenvalue weighted by molar-refractivity contribution is -0.144. The number of carbonyl (C=O) groups is 11. The Morgan fingerprint density at radius 1 is 0.794 bits per heavy atom. The zero-order valence-corrected chi connectivity index (χ0v) is 40.3. The smallest absolute Gasteiger partial charge is 0.246 e. The van der Waals surface area contributed by atoms with Crippen LogP contribution in [0.15, 0.2) is 24.3 Å². The van der Waals surface area contributed by atoms with Crippen LogP contribution in [0.4, 0.5) is 0 Å². The fourth-order valence-corrected chi connectivity index (χ4v) is 8.75. The Balaban J connectivity index is 2.61. The number of aromatic hydroxyl groups is 1. The zero-order valence-electron chi connectivity index (χ0n) is 38.7. The van der Waals surface area contributed by atoms with E-state index in [2.05, 4.69) is 37.2 Å². The van der Waals surface area contributed by atoms with Crippen LogP contribution in [0.1, 0.15) is 71.8 Å². The number of aliphatic hydroxyl groups excluding tert-OH is 1. The molecule has 11 amide bonds. The third-order valence-electron chi connectivity index (χ3n) is 10.6. The minimum Gasteiger partial charge on any atom is -0.508 e. The highest BCUT2D eigenvalue weighted by molar-refractivity contribution is 8.76. The second-order valence-corrected chi connectivity index (χ2v) is 19.2. The quantitative estimate of drug-likeness (QED) is 0.0594. The molecule has 0 aromatic heterocycles. The highest BCUT2D eigenvalue weighted by atomic mass is 33.1. The van der Waals surface area contributed by atoms with Crippen LogP contribution in [-0.4, -0.2) is 154 Å². The van der Waals surface area contributed by atoms with Gasteiger partial charge in [0.05, 0.1) is 19.6 Å². The molecule has 68 heavy (non-hydrogen) atoms. The van der Waals surface area contributed by atoms with Crippen LogP contribution >= 0.6 is 21.6 Å². The van der Waals surface area contributed by atoms with E-state index in [1.54, 1.807) is 39.8 Å². The number of primary amides is 3. The van der Waals surface area contributed by atoms with E-state index in [1.165, 1.54) is 12.1 Å². The first-order valence-corrected chi connectivity index (χ1v) is 24.3. The monoisotopic (exact) mass is 995 g/mol. The van der Waals surface area contributed by atoms with Gasteiger partial charge in [0.25, 0.3) is 0 Å². The van der Waals surface area contributed by atoms with Gasteiger partial charge in [0.1, 0.15) is 48.0 Å². The molecule has 15 N–H and O–H groups in total. The summed E-state index contributed by atoms with van der Waals surface area (Å²) in [4.78, 5) is 146. The number of hydrogen-bond acceptors (Lipinski definition) is 15. The molecular formula is C42H65N11O13S2. The van der Waals surface area contributed by atoms with Crippen LogP contribution in [0, 0.1) is 11.8 Å². The Labute approximate surface area is 401 Å². The SMILES string of the molecule is CC[C@H](C)[C@@H]1NC(=O)[C@H](Cc2ccc(O)cc2)NC(=O)CCSSC[C@@H](C(=O)N(C)[C@@H](CO)C(=O)N[C@@H](CC(C)C)C(=O)NCC(N)=O)NC(=O)[C@H](CC(N)=O)NC(=O)[C@H](CCC(N)=O)NC1=O. The molecule has 0 saturated carbocycles. The van der Waals surface area contributed by atoms with Gasteiger partial charge in [0, 0.05) is 37.8 Å². The minimum atomic E-state index is -1.79. The van der Waals surface area contributed by atoms with Crippen molar-refractivity contribution in [2.45, 2.75) is 115 Å². The Bertz CT molecular complexity index is 1980. The number of carbonyl (C=O) groups excluding carboxylic acids is 11. The van der Waals surface area contributed by atoms with Gasteiger partial charge in [-0.15, -0.1) is 0 Å². The summed E-state index contributed by atoms with van der Waals surface area (Å²) in [5.74, 6) is -10.9. The number of nitrogens with two attached hydrogens (primary N) is 3. The van der Waals surface area contributed by atoms with Crippen molar-refractivity contribution in [2.75, 3.05) is 31.7 Å². The number of likely N-dealkylation sites (N-methyl/N-ethyl adjacent to an activating group) is 1. The van der Waals surface area contributed by atoms with E-state index in [0.29, 0.717) is 12.0 Å². The molecule has 0 aliphatic carbocycles. The summed E-state index contributed by atoms with van der Waals surface area (Å²) >= 11 is 0. The number of amides is 11. The molecule has 1 aliphatic rings. The Hall–Kier alpha value is -6.15. The van der Waals surface area contributed by atoms with E-state index in [-0.39, 0.29) is 42.4 Å². The van der Waals surface area contributed by atoms with E-state index in [1.807, 2.05) is 0 Å². The first kappa shape index (κ1) is 58.0. The Kier molecular flexibility index (Phi) is 24.6. The van der Waals surface area contributed by atoms with E-state index in [4.69, 9.17) is 17.2 Å². The van der Waals surface area contributed by atoms with Gasteiger partial charge in [-0.25, -0.2) is 0 Å². The summed E-state index contributed by atoms with van der Waals surface area (Å²) in [5, 5.41) is 37.7. The molecule has 0 bridgehead atoms. The number of nitrogens with one attached hydrogen (secondary N) is 7. The molecule has 0 radical (unpaired) electrons. The van der Waals surface area contributed by atoms with Gasteiger partial charge in [-0.2, -0.15) is 0 Å². The number of benzene rings is 1. The van der Waals surface area contributed by atoms with Crippen molar-refractivity contribution in [2.24, 2.45) is 29.0 Å². The second kappa shape index (κ2) is 28.9. The number of rotatable bonds is 19. The first-order chi connectivity index (χ1) is 32.0. The zero-order chi connectivity index (χ0) is 51.2. The molecule has 0 unspecified atom stereocenters. The summed E-state index contributed by atoms with van der Waals surface area (Å²) in [6.07, 6.45) is -1.48. The molecule has 1 aromatic carbocycles. The van der Waals surface area contributed by atoms with Crippen molar-refractivity contribution in [1.29, 1.82) is 0 Å². The lowest BCUT2D eigenvalue weighted by Crippen LogP contribution is -2.62. The lowest BCUT2D eigenvalue weighted by atomic mass is 9.96. The number of hydrogen-bond donors (Lipinski definition) is 12. The Morgan fingerprint density at radius 2 is 1.41 bits per heavy atom. The van der Waals surface area contributed by atoms with Crippen molar-refractivity contribution >= 4 is 86.6 Å². The van der Waals surface area contributed by atoms with Crippen LogP contribution in [0.2, 0.25) is 0 Å². The maximum Gasteiger partial charge on any atom is 0.246 e. The predicted molar refractivity (Wildman–Crippen MR) is 250 cm³/mol. The van der Waals surface area contributed by atoms with Crippen LogP contribution in [-0.2, 0) is 59.2 Å². The summed E-state index contributed by atoms with van der Waals surface area (Å²) in [6, 6.07) is -4.50. The number of phenolic OH excluding ortho intramolecular Hbond substituents is 1. The molecule has 0 spiro atoms. The molecule has 26 heteroatoms. The van der Waals surface area contributed by atoms with Crippen LogP contribution in [0.3, 0.4) is 0 Å². The molecule has 24 nitrogen and oxygen atoms in total. The molecule has 1 aliphatic heterocycles. The van der Waals surface area contributed by atoms with Gasteiger partial charge in [-0.3, -0.25) is 52.7 Å². The third-order valence-corrected chi connectivity index (χ3v) is 13.0. The topological polar surface area (TPSA) is 394 Å². The third kappa shape index (κ3) is 20.0. The highest BCUT2D eigenvalue weighted by Crippen LogP contribution is 2.24. The van der Waals surface area contributed by atoms with Gasteiger partial charge in [-0.1, -0.05) is 67.8 Å². The summed E-state index contributed by atoms with van der Waals surface area (Å²) in [5.41, 5.74) is 16.5. The number of phenols is 1. The molecule has 1 heterocycles. The average molecular weight is 996 g/mol. The fraction of sp³-hybridized carbons (Fsp3) is 0.595. The fourth-order valence-electron chi connectivity index (χ4n) is 6.60. The van der Waals surface area contributed by atoms with Crippen molar-refractivity contribution in [3.05, 3.63) is 29.8 Å². The maximum absolute atomic E-state index is 14.2. The van der Waals surface area contributed by atoms with Crippen molar-refractivity contribution in [3.8, 4) is 5.75 Å². The first-order valence-electron chi connectivity index (χ1n) is 21.8. The van der Waals surface area contributed by atoms with E-state index < -0.39 is 146 Å². The standard InChI is InChI=1S/C42H65N11O13S2/c1-6-22(4)35-41(65)48-25(11-12-31(43)56)37(61)49-28(17-32(44)57)38(62)51-29(20-68-67-14-13-34(59)47-27(39(63)52-35)16-23-7-9-24(55)10-8-23)42(66)53(5)30(19-54)40(64)50-26(15-21(2)3)36(60)46-18-33(45)58/h7-10,21-22,25-30,35,54-55H,6,11-20H2,1-5H3,(H2,43,56)(H2,44,57)(H2,45,58)(H,46,60)(H,47,59)(H,48,65)(H,49,61)(H,50,64)(H,51,62)(H,52,63)/t22-,25-,26-,27-,28-,29-,30-,35-/m0/s1. The van der Waals surface area contributed by atoms with Gasteiger partial charge in [0.15, 0.2) is 0 Å². The molecule has 8 atom stereocenters. The summed E-state index contributed by atoms with van der Waals surface area (Å²) in [7, 11) is 3.23. The second-order valence-electron chi connectivity index (χ2n) is 16.6. The molecule has 378 valence electrons. The molecule has 1 fully saturated rings. The minimum absolute atomic E-state index is 0.0397. The lowest BCUT2D eigenvalue weighted by Gasteiger charge is -2.32. The predicted octanol–water partition coefficient (Wildman–Crippen LogP) is -3.72. The molecule has 1 aromatic rings. The number of nitrogens with zero attached hydrogens (tertiary/aromatic N) is 1. The summed E-state index contributed by atoms with van der Waals surface area (Å²) in [6.45, 7) is 5.42. The molecule has 2 rings (SSSR count). The van der Waals surface area contributed by atoms with Gasteiger partial charge < -0.3 is 69.5 Å². The van der Waals surface area contributed by atoms with E-state index >= 15 is 0 Å². The largest absolute Gasteiger partial charge is 0.508 e. The molecular weight excluding hydrogens is 931 g/mol. The summed E-state index contributed by atoms with van der Waals surface area (Å²) < 4.78 is 0. The van der Waals surface area contributed by atoms with Gasteiger partial charge in [-0.05, 0) is 42.4 Å². The van der Waals surface area contributed by atoms with Crippen LogP contribution in [0.25, 0.3) is 0 Å². The average Bonchev–Trinajstić information content (AvgIpc) is 3.26. The number of aliphatic hydroxyl groups is 1. The van der Waals surface area contributed by atoms with Crippen molar-refractivity contribution in [1.82, 2.24) is 42.1 Å². The van der Waals surface area contributed by atoms with Gasteiger partial charge in [0.2, 0.25) is 65.0 Å². The van der Waals surface area contributed by atoms with Crippen molar-refractivity contribution < 1.29 is 63.0 Å².